The molecular formula is C37H64N2O6. The quantitative estimate of drug-likeness (QED) is 0.478. The maximum Gasteiger partial charge on any atom is 0.107 e. The van der Waals surface area contributed by atoms with Gasteiger partial charge in [0.2, 0.25) is 0 Å². The molecule has 4 saturated carbocycles. The highest BCUT2D eigenvalue weighted by Crippen LogP contribution is 2.49. The first-order valence-corrected chi connectivity index (χ1v) is 18.8. The van der Waals surface area contributed by atoms with Gasteiger partial charge in [0.1, 0.15) is 6.10 Å². The lowest BCUT2D eigenvalue weighted by atomic mass is 9.64. The number of likely N-dealkylation sites (tertiary alicyclic amines) is 2. The van der Waals surface area contributed by atoms with Crippen molar-refractivity contribution in [3.8, 4) is 0 Å². The molecular weight excluding hydrogens is 568 g/mol. The Hall–Kier alpha value is -0.320. The van der Waals surface area contributed by atoms with Crippen molar-refractivity contribution in [2.45, 2.75) is 151 Å². The van der Waals surface area contributed by atoms with Gasteiger partial charge in [-0.2, -0.15) is 0 Å². The van der Waals surface area contributed by atoms with Crippen LogP contribution in [-0.4, -0.2) is 124 Å². The van der Waals surface area contributed by atoms with Gasteiger partial charge in [-0.25, -0.2) is 0 Å². The molecule has 6 bridgehead atoms. The average Bonchev–Trinajstić information content (AvgIpc) is 3.05. The number of aliphatic hydroxyl groups excluding tert-OH is 1. The predicted octanol–water partition coefficient (Wildman–Crippen LogP) is 4.75. The molecule has 0 aromatic heterocycles. The third-order valence-corrected chi connectivity index (χ3v) is 14.4. The van der Waals surface area contributed by atoms with Crippen LogP contribution in [-0.2, 0) is 23.7 Å². The highest BCUT2D eigenvalue weighted by atomic mass is 16.6. The zero-order chi connectivity index (χ0) is 31.2. The molecule has 8 nitrogen and oxygen atoms in total. The van der Waals surface area contributed by atoms with Crippen LogP contribution in [0.2, 0.25) is 0 Å². The fourth-order valence-corrected chi connectivity index (χ4v) is 11.8. The van der Waals surface area contributed by atoms with Gasteiger partial charge in [0.25, 0.3) is 0 Å². The van der Waals surface area contributed by atoms with Crippen LogP contribution in [0.1, 0.15) is 89.9 Å². The summed E-state index contributed by atoms with van der Waals surface area (Å²) in [5.74, 6) is 3.47. The molecule has 0 amide bonds. The molecule has 8 heteroatoms. The van der Waals surface area contributed by atoms with E-state index in [0.717, 1.165) is 57.4 Å². The van der Waals surface area contributed by atoms with Gasteiger partial charge in [-0.15, -0.1) is 0 Å². The Balaban J connectivity index is 1.23. The van der Waals surface area contributed by atoms with E-state index < -0.39 is 6.10 Å². The van der Waals surface area contributed by atoms with Crippen molar-refractivity contribution in [1.29, 1.82) is 0 Å². The molecule has 0 aromatic carbocycles. The van der Waals surface area contributed by atoms with Crippen LogP contribution >= 0.6 is 0 Å². The van der Waals surface area contributed by atoms with E-state index in [9.17, 15) is 5.11 Å². The molecule has 45 heavy (non-hydrogen) atoms. The monoisotopic (exact) mass is 632 g/mol. The van der Waals surface area contributed by atoms with Crippen LogP contribution in [0.3, 0.4) is 0 Å². The lowest BCUT2D eigenvalue weighted by Crippen LogP contribution is -2.63. The number of hydrogen-bond donors (Lipinski definition) is 1. The molecule has 4 heterocycles. The summed E-state index contributed by atoms with van der Waals surface area (Å²) in [7, 11) is 10.2. The van der Waals surface area contributed by atoms with Crippen LogP contribution in [0, 0.1) is 35.5 Å². The molecule has 1 N–H and O–H groups in total. The zero-order valence-corrected chi connectivity index (χ0v) is 28.9. The highest BCUT2D eigenvalue weighted by Gasteiger charge is 2.54. The molecule has 0 aromatic rings. The van der Waals surface area contributed by atoms with Crippen molar-refractivity contribution in [3.63, 3.8) is 0 Å². The van der Waals surface area contributed by atoms with Crippen molar-refractivity contribution in [3.05, 3.63) is 0 Å². The molecule has 8 rings (SSSR count). The molecule has 4 aliphatic carbocycles. The summed E-state index contributed by atoms with van der Waals surface area (Å²) >= 11 is 0. The Kier molecular flexibility index (Phi) is 10.5. The topological polar surface area (TPSA) is 72.9 Å². The van der Waals surface area contributed by atoms with E-state index in [4.69, 9.17) is 23.7 Å². The summed E-state index contributed by atoms with van der Waals surface area (Å²) < 4.78 is 32.6. The van der Waals surface area contributed by atoms with Crippen molar-refractivity contribution in [1.82, 2.24) is 9.80 Å². The number of fused-ring (bicyclic) bond motifs is 2. The highest BCUT2D eigenvalue weighted by molar-refractivity contribution is 5.05. The Bertz CT molecular complexity index is 963. The Labute approximate surface area is 273 Å². The second-order valence-electron chi connectivity index (χ2n) is 16.6. The average molecular weight is 633 g/mol. The first-order valence-electron chi connectivity index (χ1n) is 18.8. The largest absolute Gasteiger partial charge is 0.388 e. The molecule has 8 aliphatic rings. The van der Waals surface area contributed by atoms with Gasteiger partial charge in [-0.3, -0.25) is 0 Å². The van der Waals surface area contributed by atoms with Gasteiger partial charge in [-0.05, 0) is 147 Å². The number of piperidine rings is 2. The van der Waals surface area contributed by atoms with Crippen LogP contribution in [0.5, 0.6) is 0 Å². The Morgan fingerprint density at radius 1 is 0.578 bits per heavy atom. The second kappa shape index (κ2) is 14.3. The number of methoxy groups -OCH3 is 3. The molecule has 13 unspecified atom stereocenters. The van der Waals surface area contributed by atoms with Gasteiger partial charge in [0.15, 0.2) is 0 Å². The standard InChI is InChI=1S/C37H64N2O6/c1-38-14-12-24-19-31(42-4)33-21-27(24)28(38)16-22-6-9-26(10-7-22)44-32-18-23(8-11-30(32)41-3)17-29-35-25(13-15-39(29)2)20-34(43-5)36(40)37(35)45-33/h22-37,40H,6-21H2,1-5H3/t22?,23?,24?,25?,26?,27?,28-,29?,30?,31?,32?,33?,34?,35?,36?,37?/m0/s1. The minimum atomic E-state index is -0.619. The molecule has 0 radical (unpaired) electrons. The third-order valence-electron chi connectivity index (χ3n) is 14.4. The maximum absolute atomic E-state index is 12.0. The number of aliphatic hydroxyl groups is 1. The first kappa shape index (κ1) is 33.2. The van der Waals surface area contributed by atoms with E-state index in [1.165, 1.54) is 51.5 Å². The van der Waals surface area contributed by atoms with Crippen molar-refractivity contribution in [2.24, 2.45) is 35.5 Å². The number of rotatable bonds is 3. The second-order valence-corrected chi connectivity index (χ2v) is 16.6. The van der Waals surface area contributed by atoms with Gasteiger partial charge >= 0.3 is 0 Å². The summed E-state index contributed by atoms with van der Waals surface area (Å²) in [6.07, 6.45) is 16.0. The van der Waals surface area contributed by atoms with Crippen molar-refractivity contribution >= 4 is 0 Å². The minimum absolute atomic E-state index is 0.0126. The fraction of sp³-hybridized carbons (Fsp3) is 1.00. The molecule has 4 saturated heterocycles. The van der Waals surface area contributed by atoms with Crippen LogP contribution in [0.4, 0.5) is 0 Å². The first-order chi connectivity index (χ1) is 21.9. The molecule has 258 valence electrons. The lowest BCUT2D eigenvalue weighted by Gasteiger charge is -2.56. The third kappa shape index (κ3) is 6.67. The van der Waals surface area contributed by atoms with E-state index in [1.54, 1.807) is 7.11 Å². The SMILES string of the molecule is COC1CCC2CC1OC1CCC(CC1)C[C@H]1C3CC(OC4C(O)C(OC)CC5CCN(C)C(C2)C54)C(OC)CC3CCN1C. The van der Waals surface area contributed by atoms with Crippen molar-refractivity contribution < 1.29 is 28.8 Å². The lowest BCUT2D eigenvalue weighted by molar-refractivity contribution is -0.229. The van der Waals surface area contributed by atoms with Crippen LogP contribution < -0.4 is 0 Å². The van der Waals surface area contributed by atoms with Gasteiger partial charge < -0.3 is 38.6 Å². The van der Waals surface area contributed by atoms with Gasteiger partial charge in [-0.1, -0.05) is 0 Å². The Morgan fingerprint density at radius 3 is 1.93 bits per heavy atom. The Morgan fingerprint density at radius 2 is 1.20 bits per heavy atom. The zero-order valence-electron chi connectivity index (χ0n) is 28.9. The summed E-state index contributed by atoms with van der Waals surface area (Å²) in [4.78, 5) is 5.28. The van der Waals surface area contributed by atoms with Crippen LogP contribution in [0.25, 0.3) is 0 Å². The summed E-state index contributed by atoms with van der Waals surface area (Å²) in [6.45, 7) is 2.28. The smallest absolute Gasteiger partial charge is 0.107 e. The summed E-state index contributed by atoms with van der Waals surface area (Å²) in [5, 5.41) is 12.0. The number of nitrogens with zero attached hydrogens (tertiary/aromatic N) is 2. The molecule has 8 fully saturated rings. The van der Waals surface area contributed by atoms with Gasteiger partial charge in [0, 0.05) is 39.3 Å². The van der Waals surface area contributed by atoms with E-state index >= 15 is 0 Å². The van der Waals surface area contributed by atoms with E-state index in [0.29, 0.717) is 47.8 Å². The van der Waals surface area contributed by atoms with E-state index in [2.05, 4.69) is 23.9 Å². The fourth-order valence-electron chi connectivity index (χ4n) is 11.8. The normalized spacial score (nSPS) is 51.6. The van der Waals surface area contributed by atoms with E-state index in [-0.39, 0.29) is 36.6 Å². The molecule has 14 atom stereocenters. The summed E-state index contributed by atoms with van der Waals surface area (Å²) in [5.41, 5.74) is 0. The minimum Gasteiger partial charge on any atom is -0.388 e. The molecule has 4 aliphatic heterocycles. The van der Waals surface area contributed by atoms with Crippen LogP contribution in [0.15, 0.2) is 0 Å². The van der Waals surface area contributed by atoms with Gasteiger partial charge in [0.05, 0.1) is 42.7 Å². The molecule has 0 spiro atoms. The maximum atomic E-state index is 12.0. The number of hydrogen-bond acceptors (Lipinski definition) is 8. The number of ether oxygens (including phenoxy) is 5. The summed E-state index contributed by atoms with van der Waals surface area (Å²) in [6, 6.07) is 0.974. The predicted molar refractivity (Wildman–Crippen MR) is 174 cm³/mol. The van der Waals surface area contributed by atoms with E-state index in [1.807, 2.05) is 14.2 Å². The van der Waals surface area contributed by atoms with Crippen molar-refractivity contribution in [2.75, 3.05) is 48.5 Å².